The van der Waals surface area contributed by atoms with Crippen LogP contribution in [-0.2, 0) is 0 Å². The highest BCUT2D eigenvalue weighted by atomic mass is 35.5. The quantitative estimate of drug-likeness (QED) is 0.736. The molecule has 1 amide bonds. The zero-order valence-electron chi connectivity index (χ0n) is 15.2. The Labute approximate surface area is 170 Å². The number of carbonyl (C=O) groups is 1. The second-order valence-corrected chi connectivity index (χ2v) is 7.64. The lowest BCUT2D eigenvalue weighted by Crippen LogP contribution is -2.22. The van der Waals surface area contributed by atoms with E-state index in [1.807, 2.05) is 6.92 Å². The second-order valence-electron chi connectivity index (χ2n) is 6.86. The van der Waals surface area contributed by atoms with E-state index in [1.54, 1.807) is 6.92 Å². The van der Waals surface area contributed by atoms with Gasteiger partial charge < -0.3 is 20.2 Å². The molecule has 9 heteroatoms. The van der Waals surface area contributed by atoms with Gasteiger partial charge in [0.1, 0.15) is 18.2 Å². The van der Waals surface area contributed by atoms with Crippen molar-refractivity contribution in [3.05, 3.63) is 39.5 Å². The number of hydrogen-bond acceptors (Lipinski definition) is 5. The minimum absolute atomic E-state index is 0.0163. The second kappa shape index (κ2) is 6.97. The number of carbonyl (C=O) groups excluding carboxylic acids is 1. The van der Waals surface area contributed by atoms with Crippen molar-refractivity contribution in [3.8, 4) is 5.75 Å². The van der Waals surface area contributed by atoms with Crippen LogP contribution in [0.15, 0.2) is 38.3 Å². The molecule has 148 valence electrons. The number of anilines is 1. The molecule has 1 saturated carbocycles. The molecular weight excluding hydrogens is 408 g/mol. The molecule has 3 N–H and O–H groups in total. The molecule has 0 spiro atoms. The number of pyridine rings is 1. The zero-order chi connectivity index (χ0) is 20.2. The Balaban J connectivity index is 1.71. The van der Waals surface area contributed by atoms with Gasteiger partial charge in [-0.15, -0.1) is 0 Å². The maximum atomic E-state index is 14.3. The topological polar surface area (TPSA) is 90.4 Å². The summed E-state index contributed by atoms with van der Waals surface area (Å²) >= 11 is 12.6. The SMILES string of the molecule is CCNC(=O)c1coc2c(OC(C)C3=C(Cl)C4CC4C(F)=C3Cl)c(N)ncc12. The molecule has 6 nitrogen and oxygen atoms in total. The fourth-order valence-electron chi connectivity index (χ4n) is 3.49. The van der Waals surface area contributed by atoms with Gasteiger partial charge in [0.25, 0.3) is 5.91 Å². The first-order valence-electron chi connectivity index (χ1n) is 8.90. The van der Waals surface area contributed by atoms with Crippen LogP contribution in [0.5, 0.6) is 5.75 Å². The Morgan fingerprint density at radius 1 is 1.50 bits per heavy atom. The van der Waals surface area contributed by atoms with Gasteiger partial charge in [0.05, 0.1) is 16.0 Å². The molecule has 0 aromatic carbocycles. The molecule has 2 heterocycles. The number of aromatic nitrogens is 1. The Bertz CT molecular complexity index is 1050. The predicted molar refractivity (Wildman–Crippen MR) is 105 cm³/mol. The maximum absolute atomic E-state index is 14.3. The third-order valence-electron chi connectivity index (χ3n) is 5.03. The van der Waals surface area contributed by atoms with Gasteiger partial charge in [-0.2, -0.15) is 0 Å². The Kier molecular flexibility index (Phi) is 4.75. The summed E-state index contributed by atoms with van der Waals surface area (Å²) in [6, 6.07) is 0. The largest absolute Gasteiger partial charge is 0.478 e. The Morgan fingerprint density at radius 2 is 2.25 bits per heavy atom. The van der Waals surface area contributed by atoms with Crippen molar-refractivity contribution in [1.29, 1.82) is 0 Å². The number of ether oxygens (including phenoxy) is 1. The number of furan rings is 1. The van der Waals surface area contributed by atoms with E-state index in [2.05, 4.69) is 10.3 Å². The summed E-state index contributed by atoms with van der Waals surface area (Å²) in [6.45, 7) is 3.98. The Hall–Kier alpha value is -2.25. The molecule has 0 aliphatic heterocycles. The lowest BCUT2D eigenvalue weighted by molar-refractivity contribution is 0.0956. The first kappa shape index (κ1) is 19.1. The summed E-state index contributed by atoms with van der Waals surface area (Å²) in [5, 5.41) is 3.65. The molecule has 2 aliphatic carbocycles. The lowest BCUT2D eigenvalue weighted by atomic mass is 10.0. The molecule has 0 bridgehead atoms. The van der Waals surface area contributed by atoms with Gasteiger partial charge in [0.15, 0.2) is 11.4 Å². The molecular formula is C19H18Cl2FN3O3. The fraction of sp³-hybridized carbons (Fsp3) is 0.368. The lowest BCUT2D eigenvalue weighted by Gasteiger charge is -2.23. The molecule has 2 aromatic heterocycles. The van der Waals surface area contributed by atoms with E-state index < -0.39 is 6.10 Å². The van der Waals surface area contributed by atoms with Gasteiger partial charge in [0, 0.05) is 35.2 Å². The van der Waals surface area contributed by atoms with Crippen molar-refractivity contribution >= 4 is 45.9 Å². The first-order valence-corrected chi connectivity index (χ1v) is 9.66. The number of nitrogen functional groups attached to an aromatic ring is 1. The molecule has 0 radical (unpaired) electrons. The average Bonchev–Trinajstić information content (AvgIpc) is 3.35. The molecule has 2 aliphatic rings. The van der Waals surface area contributed by atoms with E-state index in [-0.39, 0.29) is 45.8 Å². The summed E-state index contributed by atoms with van der Waals surface area (Å²) in [5.74, 6) is -0.700. The van der Waals surface area contributed by atoms with E-state index in [0.29, 0.717) is 34.5 Å². The van der Waals surface area contributed by atoms with Gasteiger partial charge in [-0.3, -0.25) is 4.79 Å². The highest BCUT2D eigenvalue weighted by Crippen LogP contribution is 2.58. The highest BCUT2D eigenvalue weighted by molar-refractivity contribution is 6.36. The first-order chi connectivity index (χ1) is 13.3. The number of halogens is 3. The van der Waals surface area contributed by atoms with Crippen molar-refractivity contribution in [2.75, 3.05) is 12.3 Å². The number of nitrogens with two attached hydrogens (primary N) is 1. The minimum atomic E-state index is -0.694. The smallest absolute Gasteiger partial charge is 0.255 e. The van der Waals surface area contributed by atoms with Crippen LogP contribution in [0.2, 0.25) is 0 Å². The van der Waals surface area contributed by atoms with Gasteiger partial charge >= 0.3 is 0 Å². The molecule has 4 rings (SSSR count). The predicted octanol–water partition coefficient (Wildman–Crippen LogP) is 4.49. The normalized spacial score (nSPS) is 22.3. The van der Waals surface area contributed by atoms with Gasteiger partial charge in [-0.05, 0) is 20.3 Å². The van der Waals surface area contributed by atoms with Crippen LogP contribution in [0.3, 0.4) is 0 Å². The van der Waals surface area contributed by atoms with Crippen LogP contribution >= 0.6 is 23.2 Å². The van der Waals surface area contributed by atoms with Crippen molar-refractivity contribution in [1.82, 2.24) is 10.3 Å². The third kappa shape index (κ3) is 2.93. The van der Waals surface area contributed by atoms with E-state index in [9.17, 15) is 9.18 Å². The summed E-state index contributed by atoms with van der Waals surface area (Å²) in [6.07, 6.45) is 2.72. The number of rotatable bonds is 5. The molecule has 2 aromatic rings. The number of amides is 1. The molecule has 0 saturated heterocycles. The number of nitrogens with zero attached hydrogens (tertiary/aromatic N) is 1. The summed E-state index contributed by atoms with van der Waals surface area (Å²) in [5.41, 5.74) is 6.97. The van der Waals surface area contributed by atoms with E-state index >= 15 is 0 Å². The summed E-state index contributed by atoms with van der Waals surface area (Å²) < 4.78 is 25.8. The van der Waals surface area contributed by atoms with E-state index in [4.69, 9.17) is 38.1 Å². The highest BCUT2D eigenvalue weighted by Gasteiger charge is 2.49. The van der Waals surface area contributed by atoms with Gasteiger partial charge in [0.2, 0.25) is 5.75 Å². The fourth-order valence-corrected chi connectivity index (χ4v) is 4.42. The standard InChI is InChI=1S/C19H18Cl2FN3O3/c1-3-24-19(26)11-6-27-16-10(11)5-25-18(23)17(16)28-7(2)12-13(20)8-4-9(8)15(22)14(12)21/h5-9H,3-4H2,1-2H3,(H2,23,25)(H,24,26). The van der Waals surface area contributed by atoms with Crippen LogP contribution in [0.25, 0.3) is 11.0 Å². The monoisotopic (exact) mass is 425 g/mol. The molecule has 1 fully saturated rings. The van der Waals surface area contributed by atoms with Crippen LogP contribution in [0.1, 0.15) is 30.6 Å². The van der Waals surface area contributed by atoms with Crippen molar-refractivity contribution < 1.29 is 18.3 Å². The number of nitrogens with one attached hydrogen (secondary N) is 1. The summed E-state index contributed by atoms with van der Waals surface area (Å²) in [4.78, 5) is 16.3. The van der Waals surface area contributed by atoms with Gasteiger partial charge in [-0.1, -0.05) is 23.2 Å². The Morgan fingerprint density at radius 3 is 2.96 bits per heavy atom. The molecule has 3 atom stereocenters. The third-order valence-corrected chi connectivity index (χ3v) is 5.90. The van der Waals surface area contributed by atoms with Gasteiger partial charge in [-0.25, -0.2) is 9.37 Å². The number of fused-ring (bicyclic) bond motifs is 2. The van der Waals surface area contributed by atoms with Crippen LogP contribution in [0, 0.1) is 11.8 Å². The molecule has 28 heavy (non-hydrogen) atoms. The van der Waals surface area contributed by atoms with Crippen LogP contribution in [-0.4, -0.2) is 23.5 Å². The van der Waals surface area contributed by atoms with Crippen LogP contribution < -0.4 is 15.8 Å². The minimum Gasteiger partial charge on any atom is -0.478 e. The summed E-state index contributed by atoms with van der Waals surface area (Å²) in [7, 11) is 0. The van der Waals surface area contributed by atoms with Crippen molar-refractivity contribution in [2.45, 2.75) is 26.4 Å². The maximum Gasteiger partial charge on any atom is 0.255 e. The van der Waals surface area contributed by atoms with E-state index in [1.165, 1.54) is 12.5 Å². The zero-order valence-corrected chi connectivity index (χ0v) is 16.7. The number of hydrogen-bond donors (Lipinski definition) is 2. The van der Waals surface area contributed by atoms with E-state index in [0.717, 1.165) is 0 Å². The van der Waals surface area contributed by atoms with Crippen molar-refractivity contribution in [2.24, 2.45) is 11.8 Å². The number of allylic oxidation sites excluding steroid dienone is 2. The van der Waals surface area contributed by atoms with Crippen molar-refractivity contribution in [3.63, 3.8) is 0 Å². The van der Waals surface area contributed by atoms with Crippen LogP contribution in [0.4, 0.5) is 10.2 Å². The average molecular weight is 426 g/mol. The molecule has 3 unspecified atom stereocenters.